The summed E-state index contributed by atoms with van der Waals surface area (Å²) in [5, 5.41) is 3.11. The van der Waals surface area contributed by atoms with E-state index in [1.54, 1.807) is 18.2 Å². The van der Waals surface area contributed by atoms with Crippen LogP contribution >= 0.6 is 0 Å². The first-order valence-electron chi connectivity index (χ1n) is 10.7. The summed E-state index contributed by atoms with van der Waals surface area (Å²) in [6, 6.07) is 9.84. The average Bonchev–Trinajstić information content (AvgIpc) is 2.81. The van der Waals surface area contributed by atoms with Gasteiger partial charge in [0.15, 0.2) is 0 Å². The number of amides is 1. The molecule has 174 valence electrons. The highest BCUT2D eigenvalue weighted by molar-refractivity contribution is 7.89. The van der Waals surface area contributed by atoms with E-state index in [1.165, 1.54) is 34.4 Å². The van der Waals surface area contributed by atoms with Crippen LogP contribution in [0.15, 0.2) is 52.4 Å². The number of rotatable bonds is 6. The molecule has 0 atom stereocenters. The molecule has 1 N–H and O–H groups in total. The van der Waals surface area contributed by atoms with Crippen molar-refractivity contribution in [2.75, 3.05) is 25.5 Å². The molecule has 1 aliphatic rings. The molecule has 10 heteroatoms. The Morgan fingerprint density at radius 2 is 1.88 bits per heavy atom. The average molecular weight is 471 g/mol. The molecular formula is C23H26N4O5S. The Balaban J connectivity index is 1.57. The van der Waals surface area contributed by atoms with E-state index in [1.807, 2.05) is 13.0 Å². The zero-order valence-corrected chi connectivity index (χ0v) is 19.4. The molecule has 1 aliphatic heterocycles. The molecule has 0 aliphatic carbocycles. The van der Waals surface area contributed by atoms with E-state index in [9.17, 15) is 18.0 Å². The summed E-state index contributed by atoms with van der Waals surface area (Å²) in [4.78, 5) is 29.7. The van der Waals surface area contributed by atoms with Gasteiger partial charge in [-0.25, -0.2) is 13.4 Å². The predicted octanol–water partition coefficient (Wildman–Crippen LogP) is 2.53. The van der Waals surface area contributed by atoms with Crippen LogP contribution in [0.2, 0.25) is 0 Å². The lowest BCUT2D eigenvalue weighted by Crippen LogP contribution is -2.35. The number of carbonyl (C=O) groups excluding carboxylic acids is 1. The number of aromatic nitrogens is 2. The second kappa shape index (κ2) is 9.32. The van der Waals surface area contributed by atoms with Gasteiger partial charge in [-0.1, -0.05) is 18.1 Å². The minimum absolute atomic E-state index is 0.00436. The third-order valence-corrected chi connectivity index (χ3v) is 7.59. The lowest BCUT2D eigenvalue weighted by atomic mass is 10.2. The zero-order valence-electron chi connectivity index (χ0n) is 18.6. The number of ether oxygens (including phenoxy) is 1. The molecule has 0 spiro atoms. The van der Waals surface area contributed by atoms with Gasteiger partial charge in [0.2, 0.25) is 15.9 Å². The number of aryl methyl sites for hydroxylation is 1. The van der Waals surface area contributed by atoms with Crippen molar-refractivity contribution >= 4 is 32.5 Å². The Hall–Kier alpha value is -3.24. The van der Waals surface area contributed by atoms with Gasteiger partial charge in [-0.15, -0.1) is 0 Å². The molecule has 3 aromatic rings. The molecule has 0 radical (unpaired) electrons. The number of hydrogen-bond acceptors (Lipinski definition) is 6. The summed E-state index contributed by atoms with van der Waals surface area (Å²) < 4.78 is 34.3. The normalized spacial score (nSPS) is 14.8. The molecule has 1 fully saturated rings. The molecule has 0 unspecified atom stereocenters. The number of hydrogen-bond donors (Lipinski definition) is 1. The molecule has 1 saturated heterocycles. The number of sulfonamides is 1. The molecular weight excluding hydrogens is 444 g/mol. The summed E-state index contributed by atoms with van der Waals surface area (Å²) in [5.74, 6) is -0.263. The second-order valence-electron chi connectivity index (χ2n) is 8.08. The molecule has 0 bridgehead atoms. The second-order valence-corrected chi connectivity index (χ2v) is 9.98. The first-order chi connectivity index (χ1) is 15.8. The standard InChI is InChI=1S/C23H26N4O5S/c1-16-6-8-19-18(12-16)23(29)26(15-24-19)14-22(28)25-17-7-9-20(32-2)21(13-17)33(30,31)27-10-4-3-5-11-27/h6-9,12-13,15H,3-5,10-11,14H2,1-2H3,(H,25,28). The number of nitrogens with one attached hydrogen (secondary N) is 1. The summed E-state index contributed by atoms with van der Waals surface area (Å²) in [6.45, 7) is 2.54. The van der Waals surface area contributed by atoms with Gasteiger partial charge in [0.25, 0.3) is 5.56 Å². The van der Waals surface area contributed by atoms with Gasteiger partial charge in [0, 0.05) is 18.8 Å². The van der Waals surface area contributed by atoms with Gasteiger partial charge >= 0.3 is 0 Å². The van der Waals surface area contributed by atoms with E-state index in [2.05, 4.69) is 10.3 Å². The minimum atomic E-state index is -3.77. The molecule has 2 aromatic carbocycles. The first kappa shape index (κ1) is 22.9. The van der Waals surface area contributed by atoms with Crippen LogP contribution in [0.1, 0.15) is 24.8 Å². The molecule has 33 heavy (non-hydrogen) atoms. The van der Waals surface area contributed by atoms with Gasteiger partial charge in [-0.3, -0.25) is 14.2 Å². The highest BCUT2D eigenvalue weighted by Crippen LogP contribution is 2.31. The van der Waals surface area contributed by atoms with Gasteiger partial charge < -0.3 is 10.1 Å². The maximum atomic E-state index is 13.2. The Labute approximate surface area is 192 Å². The van der Waals surface area contributed by atoms with Crippen LogP contribution in [0, 0.1) is 6.92 Å². The SMILES string of the molecule is COc1ccc(NC(=O)Cn2cnc3ccc(C)cc3c2=O)cc1S(=O)(=O)N1CCCCC1. The fourth-order valence-corrected chi connectivity index (χ4v) is 5.64. The number of benzene rings is 2. The van der Waals surface area contributed by atoms with E-state index in [0.717, 1.165) is 24.8 Å². The summed E-state index contributed by atoms with van der Waals surface area (Å²) in [7, 11) is -2.36. The number of nitrogens with zero attached hydrogens (tertiary/aromatic N) is 3. The predicted molar refractivity (Wildman–Crippen MR) is 125 cm³/mol. The van der Waals surface area contributed by atoms with Crippen molar-refractivity contribution in [3.63, 3.8) is 0 Å². The van der Waals surface area contributed by atoms with Gasteiger partial charge in [0.1, 0.15) is 17.2 Å². The lowest BCUT2D eigenvalue weighted by molar-refractivity contribution is -0.116. The van der Waals surface area contributed by atoms with Crippen molar-refractivity contribution in [3.8, 4) is 5.75 Å². The highest BCUT2D eigenvalue weighted by Gasteiger charge is 2.29. The van der Waals surface area contributed by atoms with E-state index < -0.39 is 15.9 Å². The molecule has 9 nitrogen and oxygen atoms in total. The number of carbonyl (C=O) groups is 1. The maximum absolute atomic E-state index is 13.2. The smallest absolute Gasteiger partial charge is 0.261 e. The Kier molecular flexibility index (Phi) is 6.48. The molecule has 4 rings (SSSR count). The fraction of sp³-hybridized carbons (Fsp3) is 0.348. The van der Waals surface area contributed by atoms with Crippen molar-refractivity contribution in [2.24, 2.45) is 0 Å². The van der Waals surface area contributed by atoms with Crippen LogP contribution in [0.25, 0.3) is 10.9 Å². The van der Waals surface area contributed by atoms with Crippen LogP contribution in [0.3, 0.4) is 0 Å². The quantitative estimate of drug-likeness (QED) is 0.593. The Morgan fingerprint density at radius 3 is 2.61 bits per heavy atom. The van der Waals surface area contributed by atoms with Gasteiger partial charge in [-0.05, 0) is 50.1 Å². The van der Waals surface area contributed by atoms with Crippen molar-refractivity contribution in [3.05, 3.63) is 58.6 Å². The van der Waals surface area contributed by atoms with Gasteiger partial charge in [0.05, 0.1) is 24.3 Å². The van der Waals surface area contributed by atoms with Crippen LogP contribution in [-0.4, -0.2) is 48.4 Å². The van der Waals surface area contributed by atoms with Gasteiger partial charge in [-0.2, -0.15) is 4.31 Å². The first-order valence-corrected chi connectivity index (χ1v) is 12.2. The molecule has 2 heterocycles. The number of piperidine rings is 1. The summed E-state index contributed by atoms with van der Waals surface area (Å²) in [5.41, 5.74) is 1.46. The van der Waals surface area contributed by atoms with Crippen molar-refractivity contribution in [2.45, 2.75) is 37.6 Å². The lowest BCUT2D eigenvalue weighted by Gasteiger charge is -2.26. The fourth-order valence-electron chi connectivity index (χ4n) is 3.94. The topological polar surface area (TPSA) is 111 Å². The molecule has 1 aromatic heterocycles. The summed E-state index contributed by atoms with van der Waals surface area (Å²) >= 11 is 0. The largest absolute Gasteiger partial charge is 0.495 e. The van der Waals surface area contributed by atoms with E-state index in [0.29, 0.717) is 29.7 Å². The number of anilines is 1. The number of fused-ring (bicyclic) bond motifs is 1. The maximum Gasteiger partial charge on any atom is 0.261 e. The molecule has 0 saturated carbocycles. The Morgan fingerprint density at radius 1 is 1.12 bits per heavy atom. The monoisotopic (exact) mass is 470 g/mol. The third-order valence-electron chi connectivity index (χ3n) is 5.67. The van der Waals surface area contributed by atoms with Crippen molar-refractivity contribution < 1.29 is 17.9 Å². The van der Waals surface area contributed by atoms with E-state index >= 15 is 0 Å². The number of methoxy groups -OCH3 is 1. The molecule has 1 amide bonds. The Bertz CT molecular complexity index is 1360. The minimum Gasteiger partial charge on any atom is -0.495 e. The van der Waals surface area contributed by atoms with Crippen LogP contribution in [0.4, 0.5) is 5.69 Å². The summed E-state index contributed by atoms with van der Waals surface area (Å²) in [6.07, 6.45) is 3.96. The van der Waals surface area contributed by atoms with Crippen molar-refractivity contribution in [1.29, 1.82) is 0 Å². The van der Waals surface area contributed by atoms with Crippen LogP contribution in [0.5, 0.6) is 5.75 Å². The highest BCUT2D eigenvalue weighted by atomic mass is 32.2. The van der Waals surface area contributed by atoms with Crippen LogP contribution < -0.4 is 15.6 Å². The van der Waals surface area contributed by atoms with Crippen molar-refractivity contribution in [1.82, 2.24) is 13.9 Å². The zero-order chi connectivity index (χ0) is 23.6. The van der Waals surface area contributed by atoms with E-state index in [-0.39, 0.29) is 22.7 Å². The van der Waals surface area contributed by atoms with Crippen LogP contribution in [-0.2, 0) is 21.4 Å². The third kappa shape index (κ3) is 4.76. The van der Waals surface area contributed by atoms with E-state index in [4.69, 9.17) is 4.74 Å².